The zero-order valence-electron chi connectivity index (χ0n) is 14.1. The van der Waals surface area contributed by atoms with Crippen molar-refractivity contribution in [2.75, 3.05) is 0 Å². The predicted octanol–water partition coefficient (Wildman–Crippen LogP) is 1.59. The highest BCUT2D eigenvalue weighted by molar-refractivity contribution is 7.89. The summed E-state index contributed by atoms with van der Waals surface area (Å²) in [5.41, 5.74) is 1.10. The zero-order valence-corrected chi connectivity index (χ0v) is 14.9. The van der Waals surface area contributed by atoms with E-state index in [1.165, 1.54) is 0 Å². The summed E-state index contributed by atoms with van der Waals surface area (Å²) in [4.78, 5) is 22.2. The Labute approximate surface area is 155 Å². The summed E-state index contributed by atoms with van der Waals surface area (Å²) in [6.45, 7) is 0.503. The maximum atomic E-state index is 12.2. The topological polar surface area (TPSA) is 118 Å². The average molecular weight is 382 g/mol. The van der Waals surface area contributed by atoms with Gasteiger partial charge in [-0.1, -0.05) is 36.4 Å². The van der Waals surface area contributed by atoms with Gasteiger partial charge in [0.05, 0.1) is 17.1 Å². The van der Waals surface area contributed by atoms with Crippen LogP contribution in [0.25, 0.3) is 10.9 Å². The molecule has 0 fully saturated rings. The van der Waals surface area contributed by atoms with Crippen LogP contribution >= 0.6 is 0 Å². The number of nitrogens with two attached hydrogens (primary N) is 1. The molecule has 0 radical (unpaired) electrons. The monoisotopic (exact) mass is 382 g/mol. The van der Waals surface area contributed by atoms with Crippen LogP contribution in [-0.2, 0) is 16.6 Å². The number of quaternary nitrogens is 1. The lowest BCUT2D eigenvalue weighted by Gasteiger charge is -2.28. The van der Waals surface area contributed by atoms with Gasteiger partial charge < -0.3 is 0 Å². The molecule has 3 N–H and O–H groups in total. The quantitative estimate of drug-likeness (QED) is 0.526. The van der Waals surface area contributed by atoms with Crippen LogP contribution in [0, 0.1) is 0 Å². The molecule has 1 aliphatic heterocycles. The van der Waals surface area contributed by atoms with Crippen LogP contribution in [0.3, 0.4) is 0 Å². The molecule has 0 amide bonds. The Morgan fingerprint density at radius 3 is 2.52 bits per heavy atom. The fraction of sp³-hybridized carbons (Fsp3) is 0.0556. The van der Waals surface area contributed by atoms with E-state index < -0.39 is 15.7 Å². The van der Waals surface area contributed by atoms with Crippen molar-refractivity contribution in [1.29, 1.82) is 0 Å². The Hall–Kier alpha value is -3.14. The summed E-state index contributed by atoms with van der Waals surface area (Å²) in [5, 5.41) is 5.29. The van der Waals surface area contributed by atoms with E-state index in [2.05, 4.69) is 15.0 Å². The molecule has 0 spiro atoms. The van der Waals surface area contributed by atoms with E-state index in [0.29, 0.717) is 12.2 Å². The number of hydrogen-bond acceptors (Lipinski definition) is 5. The second-order valence-corrected chi connectivity index (χ2v) is 7.72. The van der Waals surface area contributed by atoms with Crippen LogP contribution in [0.2, 0.25) is 0 Å². The second kappa shape index (κ2) is 6.23. The van der Waals surface area contributed by atoms with Crippen molar-refractivity contribution in [3.05, 3.63) is 77.0 Å². The molecule has 3 aromatic rings. The normalized spacial score (nSPS) is 19.0. The van der Waals surface area contributed by atoms with Gasteiger partial charge in [-0.2, -0.15) is 4.98 Å². The molecule has 136 valence electrons. The number of aromatic nitrogens is 2. The van der Waals surface area contributed by atoms with E-state index in [9.17, 15) is 13.2 Å². The van der Waals surface area contributed by atoms with E-state index in [0.717, 1.165) is 5.56 Å². The Morgan fingerprint density at radius 2 is 1.85 bits per heavy atom. The first kappa shape index (κ1) is 17.3. The summed E-state index contributed by atoms with van der Waals surface area (Å²) in [5.74, 6) is 0. The molecule has 0 saturated carbocycles. The van der Waals surface area contributed by atoms with Crippen molar-refractivity contribution < 1.29 is 8.42 Å². The molecule has 27 heavy (non-hydrogen) atoms. The number of fused-ring (bicyclic) bond motifs is 1. The highest BCUT2D eigenvalue weighted by Gasteiger charge is 2.34. The lowest BCUT2D eigenvalue weighted by atomic mass is 10.1. The maximum Gasteiger partial charge on any atom is 0.346 e. The van der Waals surface area contributed by atoms with Gasteiger partial charge in [0.15, 0.2) is 17.1 Å². The molecule has 4 rings (SSSR count). The van der Waals surface area contributed by atoms with Crippen LogP contribution in [0.15, 0.2) is 75.7 Å². The van der Waals surface area contributed by atoms with Crippen LogP contribution in [0.4, 0.5) is 5.69 Å². The molecule has 1 atom stereocenters. The van der Waals surface area contributed by atoms with E-state index in [1.54, 1.807) is 30.7 Å². The molecular weight excluding hydrogens is 366 g/mol. The average Bonchev–Trinajstić information content (AvgIpc) is 3.10. The molecule has 1 aliphatic rings. The van der Waals surface area contributed by atoms with Crippen molar-refractivity contribution >= 4 is 33.0 Å². The molecule has 0 saturated heterocycles. The number of sulfonamides is 1. The van der Waals surface area contributed by atoms with E-state index >= 15 is 0 Å². The lowest BCUT2D eigenvalue weighted by Crippen LogP contribution is -2.40. The fourth-order valence-corrected chi connectivity index (χ4v) is 3.99. The molecule has 2 aromatic carbocycles. The largest absolute Gasteiger partial charge is 0.346 e. The number of aliphatic imine (C=N–C) groups is 1. The molecular formula is C18H16N5O3S+. The van der Waals surface area contributed by atoms with Gasteiger partial charge in [-0.3, -0.25) is 4.98 Å². The number of hydrogen-bond donors (Lipinski definition) is 2. The van der Waals surface area contributed by atoms with Crippen LogP contribution < -0.4 is 15.3 Å². The molecule has 9 heteroatoms. The molecule has 2 heterocycles. The number of aromatic amines is 1. The first-order valence-corrected chi connectivity index (χ1v) is 9.64. The minimum absolute atomic E-state index is 0.137. The molecule has 1 unspecified atom stereocenters. The number of H-pyrrole nitrogens is 1. The van der Waals surface area contributed by atoms with Crippen molar-refractivity contribution in [2.45, 2.75) is 11.6 Å². The van der Waals surface area contributed by atoms with Gasteiger partial charge in [0.2, 0.25) is 0 Å². The van der Waals surface area contributed by atoms with Gasteiger partial charge in [0.25, 0.3) is 10.0 Å². The summed E-state index contributed by atoms with van der Waals surface area (Å²) < 4.78 is 24.4. The lowest BCUT2D eigenvalue weighted by molar-refractivity contribution is 0.557. The highest BCUT2D eigenvalue weighted by Crippen LogP contribution is 2.36. The SMILES string of the molecule is NS(=O)(=O)c1[nH]c(=O)nc2cccc([N+]3(Cc4ccccc4)C=CN=C3)c12. The fourth-order valence-electron chi connectivity index (χ4n) is 3.27. The number of rotatable bonds is 4. The van der Waals surface area contributed by atoms with Gasteiger partial charge in [0.1, 0.15) is 12.7 Å². The molecule has 0 aliphatic carbocycles. The van der Waals surface area contributed by atoms with E-state index in [-0.39, 0.29) is 20.4 Å². The van der Waals surface area contributed by atoms with Gasteiger partial charge in [-0.25, -0.2) is 27.8 Å². The number of benzene rings is 2. The molecule has 8 nitrogen and oxygen atoms in total. The van der Waals surface area contributed by atoms with Gasteiger partial charge in [0, 0.05) is 11.6 Å². The third-order valence-corrected chi connectivity index (χ3v) is 5.28. The first-order valence-electron chi connectivity index (χ1n) is 8.09. The Bertz CT molecular complexity index is 1230. The predicted molar refractivity (Wildman–Crippen MR) is 103 cm³/mol. The van der Waals surface area contributed by atoms with Gasteiger partial charge in [-0.05, 0) is 6.07 Å². The Kier molecular flexibility index (Phi) is 3.99. The van der Waals surface area contributed by atoms with Crippen molar-refractivity contribution in [3.8, 4) is 0 Å². The smallest absolute Gasteiger partial charge is 0.294 e. The van der Waals surface area contributed by atoms with E-state index in [1.807, 2.05) is 36.5 Å². The van der Waals surface area contributed by atoms with E-state index in [4.69, 9.17) is 5.14 Å². The third-order valence-electron chi connectivity index (χ3n) is 4.40. The minimum atomic E-state index is -4.18. The summed E-state index contributed by atoms with van der Waals surface area (Å²) in [6.07, 6.45) is 5.21. The third kappa shape index (κ3) is 3.08. The number of primary sulfonamides is 1. The van der Waals surface area contributed by atoms with Gasteiger partial charge in [-0.15, -0.1) is 0 Å². The highest BCUT2D eigenvalue weighted by atomic mass is 32.2. The van der Waals surface area contributed by atoms with Gasteiger partial charge >= 0.3 is 5.69 Å². The Morgan fingerprint density at radius 1 is 1.07 bits per heavy atom. The summed E-state index contributed by atoms with van der Waals surface area (Å²) in [6, 6.07) is 14.8. The van der Waals surface area contributed by atoms with Crippen LogP contribution in [-0.4, -0.2) is 24.7 Å². The zero-order chi connectivity index (χ0) is 19.1. The van der Waals surface area contributed by atoms with Crippen molar-refractivity contribution in [1.82, 2.24) is 14.5 Å². The minimum Gasteiger partial charge on any atom is -0.294 e. The summed E-state index contributed by atoms with van der Waals surface area (Å²) in [7, 11) is -4.18. The molecule has 0 bridgehead atoms. The summed E-state index contributed by atoms with van der Waals surface area (Å²) >= 11 is 0. The van der Waals surface area contributed by atoms with Crippen molar-refractivity contribution in [3.63, 3.8) is 0 Å². The molecule has 1 aromatic heterocycles. The van der Waals surface area contributed by atoms with Crippen molar-refractivity contribution in [2.24, 2.45) is 10.1 Å². The Balaban J connectivity index is 2.04. The number of nitrogens with one attached hydrogen (secondary N) is 1. The number of nitrogens with zero attached hydrogens (tertiary/aromatic N) is 3. The second-order valence-electron chi connectivity index (χ2n) is 6.22. The first-order chi connectivity index (χ1) is 12.9. The maximum absolute atomic E-state index is 12.2. The van der Waals surface area contributed by atoms with Crippen LogP contribution in [0.5, 0.6) is 0 Å². The van der Waals surface area contributed by atoms with Crippen LogP contribution in [0.1, 0.15) is 5.56 Å². The standard InChI is InChI=1S/C18H15N5O3S/c19-27(25,26)17-16-14(21-18(24)22-17)7-4-8-15(16)23(10-9-20-12-23)11-13-5-2-1-3-6-13/h1-10,12H,11H2,(H2-,19,21,22,24,25,26)/p+1.